The average Bonchev–Trinajstić information content (AvgIpc) is 3.64. The van der Waals surface area contributed by atoms with Crippen molar-refractivity contribution < 1.29 is 0 Å². The van der Waals surface area contributed by atoms with Crippen LogP contribution in [0, 0.1) is 0 Å². The van der Waals surface area contributed by atoms with Crippen molar-refractivity contribution in [1.82, 2.24) is 0 Å². The number of anilines is 3. The van der Waals surface area contributed by atoms with Crippen LogP contribution in [0.1, 0.15) is 0 Å². The van der Waals surface area contributed by atoms with Gasteiger partial charge in [-0.15, -0.1) is 11.3 Å². The van der Waals surface area contributed by atoms with Crippen molar-refractivity contribution in [3.05, 3.63) is 212 Å². The Balaban J connectivity index is 1.10. The molecular weight excluding hydrogens is 671 g/mol. The van der Waals surface area contributed by atoms with Gasteiger partial charge in [0.2, 0.25) is 0 Å². The van der Waals surface area contributed by atoms with Gasteiger partial charge in [-0.05, 0) is 92.2 Å². The summed E-state index contributed by atoms with van der Waals surface area (Å²) >= 11 is 1.88. The summed E-state index contributed by atoms with van der Waals surface area (Å²) in [7, 11) is 0. The van der Waals surface area contributed by atoms with Crippen LogP contribution in [0.25, 0.3) is 75.5 Å². The number of hydrogen-bond acceptors (Lipinski definition) is 2. The van der Waals surface area contributed by atoms with Gasteiger partial charge in [0.15, 0.2) is 0 Å². The Morgan fingerprint density at radius 3 is 1.78 bits per heavy atom. The highest BCUT2D eigenvalue weighted by Gasteiger charge is 2.19. The molecule has 1 aromatic heterocycles. The van der Waals surface area contributed by atoms with E-state index in [0.29, 0.717) is 0 Å². The zero-order chi connectivity index (χ0) is 35.8. The first-order valence-corrected chi connectivity index (χ1v) is 19.2. The van der Waals surface area contributed by atoms with Crippen LogP contribution in [-0.4, -0.2) is 0 Å². The van der Waals surface area contributed by atoms with Crippen LogP contribution in [0.2, 0.25) is 0 Å². The van der Waals surface area contributed by atoms with Gasteiger partial charge in [0.1, 0.15) is 0 Å². The molecule has 0 bridgehead atoms. The molecular formula is C52H35NS. The number of para-hydroxylation sites is 1. The normalized spacial score (nSPS) is 11.3. The maximum absolute atomic E-state index is 2.41. The number of thiophene rings is 1. The van der Waals surface area contributed by atoms with E-state index in [1.165, 1.54) is 75.5 Å². The van der Waals surface area contributed by atoms with Crippen molar-refractivity contribution in [2.75, 3.05) is 4.90 Å². The maximum Gasteiger partial charge on any atom is 0.0540 e. The molecule has 54 heavy (non-hydrogen) atoms. The Labute approximate surface area is 319 Å². The lowest BCUT2D eigenvalue weighted by Crippen LogP contribution is -2.11. The van der Waals surface area contributed by atoms with Gasteiger partial charge >= 0.3 is 0 Å². The largest absolute Gasteiger partial charge is 0.310 e. The summed E-state index contributed by atoms with van der Waals surface area (Å²) in [4.78, 5) is 2.41. The first kappa shape index (κ1) is 32.0. The molecule has 9 aromatic carbocycles. The van der Waals surface area contributed by atoms with Crippen molar-refractivity contribution in [1.29, 1.82) is 0 Å². The molecule has 1 heterocycles. The molecule has 10 rings (SSSR count). The predicted octanol–water partition coefficient (Wildman–Crippen LogP) is 15.3. The van der Waals surface area contributed by atoms with E-state index in [9.17, 15) is 0 Å². The lowest BCUT2D eigenvalue weighted by molar-refractivity contribution is 1.28. The zero-order valence-electron chi connectivity index (χ0n) is 29.6. The van der Waals surface area contributed by atoms with Crippen molar-refractivity contribution in [2.45, 2.75) is 0 Å². The molecule has 0 N–H and O–H groups in total. The number of rotatable bonds is 7. The van der Waals surface area contributed by atoms with Gasteiger partial charge < -0.3 is 4.90 Å². The molecule has 0 radical (unpaired) electrons. The molecule has 0 amide bonds. The Kier molecular flexibility index (Phi) is 8.09. The number of nitrogens with zero attached hydrogens (tertiary/aromatic N) is 1. The molecule has 10 aromatic rings. The molecule has 1 nitrogen and oxygen atoms in total. The van der Waals surface area contributed by atoms with E-state index in [4.69, 9.17) is 0 Å². The smallest absolute Gasteiger partial charge is 0.0540 e. The van der Waals surface area contributed by atoms with Crippen LogP contribution < -0.4 is 4.90 Å². The lowest BCUT2D eigenvalue weighted by Gasteiger charge is -2.28. The minimum atomic E-state index is 1.10. The first-order chi connectivity index (χ1) is 26.8. The van der Waals surface area contributed by atoms with Gasteiger partial charge in [-0.3, -0.25) is 0 Å². The summed E-state index contributed by atoms with van der Waals surface area (Å²) < 4.78 is 2.65. The fourth-order valence-corrected chi connectivity index (χ4v) is 9.13. The molecule has 0 atom stereocenters. The standard InChI is InChI=1S/C52H35NS/c1-2-14-37(15-3-1)46-23-6-8-28-50(46)53(42-32-30-38(31-33-42)47-26-13-27-49-48-24-7-9-29-51(48)54-52(47)49)43-21-11-19-40(35-43)39-18-10-20-41(34-39)45-25-12-17-36-16-4-5-22-44(36)45/h1-35H. The number of benzene rings is 9. The highest BCUT2D eigenvalue weighted by molar-refractivity contribution is 7.26. The monoisotopic (exact) mass is 705 g/mol. The van der Waals surface area contributed by atoms with Crippen LogP contribution in [-0.2, 0) is 0 Å². The quantitative estimate of drug-likeness (QED) is 0.160. The molecule has 0 aliphatic carbocycles. The molecule has 0 aliphatic rings. The molecule has 0 aliphatic heterocycles. The van der Waals surface area contributed by atoms with Crippen LogP contribution in [0.4, 0.5) is 17.1 Å². The van der Waals surface area contributed by atoms with E-state index in [2.05, 4.69) is 217 Å². The second-order valence-electron chi connectivity index (χ2n) is 13.7. The highest BCUT2D eigenvalue weighted by Crippen LogP contribution is 2.44. The molecule has 0 spiro atoms. The van der Waals surface area contributed by atoms with Gasteiger partial charge in [0.25, 0.3) is 0 Å². The Morgan fingerprint density at radius 2 is 0.889 bits per heavy atom. The SMILES string of the molecule is c1ccc(-c2ccccc2N(c2ccc(-c3cccc4c3sc3ccccc34)cc2)c2cccc(-c3cccc(-c4cccc5ccccc45)c3)c2)cc1. The average molecular weight is 706 g/mol. The number of hydrogen-bond donors (Lipinski definition) is 0. The van der Waals surface area contributed by atoms with Crippen molar-refractivity contribution in [3.8, 4) is 44.5 Å². The third-order valence-corrected chi connectivity index (χ3v) is 11.7. The van der Waals surface area contributed by atoms with E-state index < -0.39 is 0 Å². The Hall–Kier alpha value is -6.74. The fraction of sp³-hybridized carbons (Fsp3) is 0. The lowest BCUT2D eigenvalue weighted by atomic mass is 9.95. The molecule has 0 saturated heterocycles. The van der Waals surface area contributed by atoms with E-state index in [-0.39, 0.29) is 0 Å². The third-order valence-electron chi connectivity index (χ3n) is 10.5. The second-order valence-corrected chi connectivity index (χ2v) is 14.8. The van der Waals surface area contributed by atoms with Crippen LogP contribution in [0.3, 0.4) is 0 Å². The molecule has 0 fully saturated rings. The summed E-state index contributed by atoms with van der Waals surface area (Å²) in [6.45, 7) is 0. The third kappa shape index (κ3) is 5.74. The van der Waals surface area contributed by atoms with Crippen molar-refractivity contribution in [2.24, 2.45) is 0 Å². The summed E-state index contributed by atoms with van der Waals surface area (Å²) in [5, 5.41) is 5.16. The zero-order valence-corrected chi connectivity index (χ0v) is 30.4. The molecule has 0 saturated carbocycles. The van der Waals surface area contributed by atoms with E-state index in [1.807, 2.05) is 11.3 Å². The summed E-state index contributed by atoms with van der Waals surface area (Å²) in [6, 6.07) is 77.1. The van der Waals surface area contributed by atoms with Crippen LogP contribution in [0.5, 0.6) is 0 Å². The molecule has 0 unspecified atom stereocenters. The van der Waals surface area contributed by atoms with Gasteiger partial charge in [-0.2, -0.15) is 0 Å². The summed E-state index contributed by atoms with van der Waals surface area (Å²) in [5.41, 5.74) is 13.0. The fourth-order valence-electron chi connectivity index (χ4n) is 7.89. The van der Waals surface area contributed by atoms with Gasteiger partial charge in [0, 0.05) is 37.1 Å². The minimum Gasteiger partial charge on any atom is -0.310 e. The Bertz CT molecular complexity index is 2930. The highest BCUT2D eigenvalue weighted by atomic mass is 32.1. The second kappa shape index (κ2) is 13.7. The molecule has 254 valence electrons. The van der Waals surface area contributed by atoms with Crippen molar-refractivity contribution >= 4 is 59.3 Å². The Morgan fingerprint density at radius 1 is 0.315 bits per heavy atom. The maximum atomic E-state index is 2.41. The summed E-state index contributed by atoms with van der Waals surface area (Å²) in [6.07, 6.45) is 0. The van der Waals surface area contributed by atoms with E-state index in [0.717, 1.165) is 17.1 Å². The summed E-state index contributed by atoms with van der Waals surface area (Å²) in [5.74, 6) is 0. The van der Waals surface area contributed by atoms with Gasteiger partial charge in [-0.25, -0.2) is 0 Å². The van der Waals surface area contributed by atoms with Crippen LogP contribution >= 0.6 is 11.3 Å². The van der Waals surface area contributed by atoms with E-state index in [1.54, 1.807) is 0 Å². The van der Waals surface area contributed by atoms with Gasteiger partial charge in [0.05, 0.1) is 5.69 Å². The predicted molar refractivity (Wildman–Crippen MR) is 233 cm³/mol. The number of fused-ring (bicyclic) bond motifs is 4. The molecule has 2 heteroatoms. The topological polar surface area (TPSA) is 3.24 Å². The van der Waals surface area contributed by atoms with Crippen molar-refractivity contribution in [3.63, 3.8) is 0 Å². The van der Waals surface area contributed by atoms with E-state index >= 15 is 0 Å². The van der Waals surface area contributed by atoms with Gasteiger partial charge in [-0.1, -0.05) is 170 Å². The first-order valence-electron chi connectivity index (χ1n) is 18.4. The van der Waals surface area contributed by atoms with Crippen LogP contribution in [0.15, 0.2) is 212 Å². The minimum absolute atomic E-state index is 1.10.